The number of hydrogen-bond donors (Lipinski definition) is 1. The molecule has 0 aliphatic heterocycles. The van der Waals surface area contributed by atoms with E-state index in [0.717, 1.165) is 16.8 Å². The summed E-state index contributed by atoms with van der Waals surface area (Å²) in [6.45, 7) is 2.43. The largest absolute Gasteiger partial charge is 0.493 e. The molecule has 0 fully saturated rings. The van der Waals surface area contributed by atoms with Gasteiger partial charge in [-0.2, -0.15) is 5.10 Å². The van der Waals surface area contributed by atoms with Crippen molar-refractivity contribution in [2.45, 2.75) is 13.5 Å². The molecule has 2 aromatic rings. The Hall–Kier alpha value is -1.91. The molecule has 2 aromatic carbocycles. The summed E-state index contributed by atoms with van der Waals surface area (Å²) in [6.07, 6.45) is 0. The zero-order valence-electron chi connectivity index (χ0n) is 13.2. The van der Waals surface area contributed by atoms with Crippen LogP contribution in [0.1, 0.15) is 18.1 Å². The third-order valence-corrected chi connectivity index (χ3v) is 3.86. The second kappa shape index (κ2) is 8.09. The van der Waals surface area contributed by atoms with E-state index >= 15 is 0 Å². The number of nitrogens with zero attached hydrogens (tertiary/aromatic N) is 1. The molecule has 0 unspecified atom stereocenters. The van der Waals surface area contributed by atoms with Gasteiger partial charge in [-0.05, 0) is 42.8 Å². The molecule has 23 heavy (non-hydrogen) atoms. The SMILES string of the molecule is COc1ccc(CN/N=C(\C)c2cc(Cl)ccc2Cl)cc1OC. The van der Waals surface area contributed by atoms with E-state index in [0.29, 0.717) is 28.1 Å². The Kier molecular flexibility index (Phi) is 6.13. The van der Waals surface area contributed by atoms with Gasteiger partial charge in [0.2, 0.25) is 0 Å². The zero-order chi connectivity index (χ0) is 16.8. The number of hydrogen-bond acceptors (Lipinski definition) is 4. The normalized spacial score (nSPS) is 11.3. The molecule has 0 bridgehead atoms. The Morgan fingerprint density at radius 1 is 1.04 bits per heavy atom. The van der Waals surface area contributed by atoms with Crippen LogP contribution in [0, 0.1) is 0 Å². The van der Waals surface area contributed by atoms with Crippen molar-refractivity contribution in [3.05, 3.63) is 57.6 Å². The lowest BCUT2D eigenvalue weighted by atomic mass is 10.1. The van der Waals surface area contributed by atoms with E-state index in [4.69, 9.17) is 32.7 Å². The molecule has 6 heteroatoms. The highest BCUT2D eigenvalue weighted by Crippen LogP contribution is 2.27. The molecule has 0 aliphatic rings. The van der Waals surface area contributed by atoms with Crippen LogP contribution in [-0.4, -0.2) is 19.9 Å². The number of methoxy groups -OCH3 is 2. The number of ether oxygens (including phenoxy) is 2. The second-order valence-electron chi connectivity index (χ2n) is 4.85. The molecule has 0 saturated carbocycles. The molecule has 1 N–H and O–H groups in total. The van der Waals surface area contributed by atoms with E-state index < -0.39 is 0 Å². The van der Waals surface area contributed by atoms with Gasteiger partial charge >= 0.3 is 0 Å². The van der Waals surface area contributed by atoms with Crippen molar-refractivity contribution in [2.24, 2.45) is 5.10 Å². The van der Waals surface area contributed by atoms with E-state index in [2.05, 4.69) is 10.5 Å². The summed E-state index contributed by atoms with van der Waals surface area (Å²) >= 11 is 12.2. The first-order chi connectivity index (χ1) is 11.0. The average molecular weight is 353 g/mol. The standard InChI is InChI=1S/C17H18Cl2N2O2/c1-11(14-9-13(18)5-6-15(14)19)21-20-10-12-4-7-16(22-2)17(8-12)23-3/h4-9,20H,10H2,1-3H3/b21-11+. The summed E-state index contributed by atoms with van der Waals surface area (Å²) in [4.78, 5) is 0. The summed E-state index contributed by atoms with van der Waals surface area (Å²) < 4.78 is 10.5. The van der Waals surface area contributed by atoms with Crippen molar-refractivity contribution in [3.63, 3.8) is 0 Å². The first-order valence-corrected chi connectivity index (χ1v) is 7.74. The maximum Gasteiger partial charge on any atom is 0.161 e. The quantitative estimate of drug-likeness (QED) is 0.613. The van der Waals surface area contributed by atoms with E-state index in [1.807, 2.05) is 25.1 Å². The lowest BCUT2D eigenvalue weighted by Crippen LogP contribution is -2.10. The van der Waals surface area contributed by atoms with Crippen LogP contribution in [0.25, 0.3) is 0 Å². The Bertz CT molecular complexity index is 718. The van der Waals surface area contributed by atoms with Crippen LogP contribution in [0.5, 0.6) is 11.5 Å². The van der Waals surface area contributed by atoms with Gasteiger partial charge in [0, 0.05) is 15.6 Å². The van der Waals surface area contributed by atoms with Gasteiger partial charge in [-0.15, -0.1) is 0 Å². The molecule has 2 rings (SSSR count). The summed E-state index contributed by atoms with van der Waals surface area (Å²) in [5, 5.41) is 5.58. The van der Waals surface area contributed by atoms with Crippen molar-refractivity contribution >= 4 is 28.9 Å². The predicted molar refractivity (Wildman–Crippen MR) is 95.1 cm³/mol. The fourth-order valence-electron chi connectivity index (χ4n) is 2.07. The van der Waals surface area contributed by atoms with Crippen molar-refractivity contribution in [3.8, 4) is 11.5 Å². The summed E-state index contributed by atoms with van der Waals surface area (Å²) in [5.74, 6) is 1.38. The molecule has 0 atom stereocenters. The maximum atomic E-state index is 6.16. The topological polar surface area (TPSA) is 42.8 Å². The Morgan fingerprint density at radius 3 is 2.48 bits per heavy atom. The van der Waals surface area contributed by atoms with Gasteiger partial charge < -0.3 is 14.9 Å². The maximum absolute atomic E-state index is 6.16. The lowest BCUT2D eigenvalue weighted by molar-refractivity contribution is 0.354. The van der Waals surface area contributed by atoms with Crippen LogP contribution in [0.2, 0.25) is 10.0 Å². The number of rotatable bonds is 6. The average Bonchev–Trinajstić information content (AvgIpc) is 2.56. The molecule has 122 valence electrons. The van der Waals surface area contributed by atoms with Crippen LogP contribution in [0.15, 0.2) is 41.5 Å². The summed E-state index contributed by atoms with van der Waals surface area (Å²) in [7, 11) is 3.22. The molecule has 0 radical (unpaired) electrons. The number of hydrazone groups is 1. The van der Waals surface area contributed by atoms with Crippen LogP contribution in [0.4, 0.5) is 0 Å². The van der Waals surface area contributed by atoms with Crippen molar-refractivity contribution in [1.29, 1.82) is 0 Å². The van der Waals surface area contributed by atoms with Gasteiger partial charge in [0.1, 0.15) is 0 Å². The number of halogens is 2. The monoisotopic (exact) mass is 352 g/mol. The van der Waals surface area contributed by atoms with Gasteiger partial charge in [0.25, 0.3) is 0 Å². The molecule has 0 spiro atoms. The van der Waals surface area contributed by atoms with Gasteiger partial charge in [0.05, 0.1) is 26.5 Å². The number of benzene rings is 2. The third kappa shape index (κ3) is 4.53. The lowest BCUT2D eigenvalue weighted by Gasteiger charge is -2.10. The highest BCUT2D eigenvalue weighted by Gasteiger charge is 2.06. The van der Waals surface area contributed by atoms with Crippen LogP contribution in [-0.2, 0) is 6.54 Å². The Balaban J connectivity index is 2.07. The predicted octanol–water partition coefficient (Wildman–Crippen LogP) is 4.52. The van der Waals surface area contributed by atoms with Gasteiger partial charge in [-0.3, -0.25) is 0 Å². The summed E-state index contributed by atoms with van der Waals surface area (Å²) in [6, 6.07) is 11.0. The second-order valence-corrected chi connectivity index (χ2v) is 5.69. The third-order valence-electron chi connectivity index (χ3n) is 3.30. The van der Waals surface area contributed by atoms with Crippen LogP contribution >= 0.6 is 23.2 Å². The molecule has 0 heterocycles. The van der Waals surface area contributed by atoms with Gasteiger partial charge in [-0.1, -0.05) is 29.3 Å². The molecule has 0 aromatic heterocycles. The molecular formula is C17H18Cl2N2O2. The van der Waals surface area contributed by atoms with Gasteiger partial charge in [0.15, 0.2) is 11.5 Å². The van der Waals surface area contributed by atoms with Crippen molar-refractivity contribution in [1.82, 2.24) is 5.43 Å². The van der Waals surface area contributed by atoms with E-state index in [1.54, 1.807) is 32.4 Å². The Morgan fingerprint density at radius 2 is 1.78 bits per heavy atom. The molecule has 0 saturated heterocycles. The fraction of sp³-hybridized carbons (Fsp3) is 0.235. The fourth-order valence-corrected chi connectivity index (χ4v) is 2.50. The minimum Gasteiger partial charge on any atom is -0.493 e. The van der Waals surface area contributed by atoms with Crippen molar-refractivity contribution in [2.75, 3.05) is 14.2 Å². The Labute approximate surface area is 146 Å². The van der Waals surface area contributed by atoms with E-state index in [-0.39, 0.29) is 0 Å². The number of nitrogens with one attached hydrogen (secondary N) is 1. The molecular weight excluding hydrogens is 335 g/mol. The van der Waals surface area contributed by atoms with E-state index in [1.165, 1.54) is 0 Å². The highest BCUT2D eigenvalue weighted by atomic mass is 35.5. The highest BCUT2D eigenvalue weighted by molar-refractivity contribution is 6.36. The van der Waals surface area contributed by atoms with Crippen molar-refractivity contribution < 1.29 is 9.47 Å². The minimum atomic E-state index is 0.551. The minimum absolute atomic E-state index is 0.551. The summed E-state index contributed by atoms with van der Waals surface area (Å²) in [5.41, 5.74) is 5.62. The zero-order valence-corrected chi connectivity index (χ0v) is 14.7. The van der Waals surface area contributed by atoms with Crippen LogP contribution in [0.3, 0.4) is 0 Å². The first-order valence-electron chi connectivity index (χ1n) is 6.98. The van der Waals surface area contributed by atoms with Crippen LogP contribution < -0.4 is 14.9 Å². The molecule has 0 amide bonds. The molecule has 0 aliphatic carbocycles. The van der Waals surface area contributed by atoms with Gasteiger partial charge in [-0.25, -0.2) is 0 Å². The smallest absolute Gasteiger partial charge is 0.161 e. The molecule has 4 nitrogen and oxygen atoms in total. The van der Waals surface area contributed by atoms with E-state index in [9.17, 15) is 0 Å². The first kappa shape index (κ1) is 17.4.